The fraction of sp³-hybridized carbons (Fsp3) is 0. The Kier molecular flexibility index (Phi) is 4.12. The van der Waals surface area contributed by atoms with Gasteiger partial charge in [-0.3, -0.25) is 0 Å². The Morgan fingerprint density at radius 3 is 1.84 bits per heavy atom. The van der Waals surface area contributed by atoms with E-state index in [1.54, 1.807) is 0 Å². The van der Waals surface area contributed by atoms with E-state index in [1.165, 1.54) is 4.73 Å². The van der Waals surface area contributed by atoms with E-state index in [2.05, 4.69) is 15.9 Å². The Morgan fingerprint density at radius 1 is 0.680 bits per heavy atom. The van der Waals surface area contributed by atoms with Gasteiger partial charge in [0.05, 0.1) is 0 Å². The van der Waals surface area contributed by atoms with Crippen LogP contribution < -0.4 is 0 Å². The number of hydrogen-bond donors (Lipinski definition) is 1. The lowest BCUT2D eigenvalue weighted by Crippen LogP contribution is -1.97. The minimum absolute atomic E-state index is 0.519. The predicted octanol–water partition coefficient (Wildman–Crippen LogP) is 5.88. The molecule has 4 rings (SSSR count). The molecule has 0 aliphatic rings. The molecule has 0 saturated carbocycles. The Hall–Kier alpha value is -2.85. The summed E-state index contributed by atoms with van der Waals surface area (Å²) in [6.45, 7) is 0. The summed E-state index contributed by atoms with van der Waals surface area (Å²) in [7, 11) is 0. The molecule has 0 spiro atoms. The summed E-state index contributed by atoms with van der Waals surface area (Å²) in [5.41, 5.74) is 4.18. The quantitative estimate of drug-likeness (QED) is 0.443. The molecule has 122 valence electrons. The molecule has 3 nitrogen and oxygen atoms in total. The van der Waals surface area contributed by atoms with Gasteiger partial charge in [-0.15, -0.1) is 0 Å². The van der Waals surface area contributed by atoms with Crippen LogP contribution in [0.5, 0.6) is 0 Å². The summed E-state index contributed by atoms with van der Waals surface area (Å²) in [5, 5.41) is 10.9. The summed E-state index contributed by atoms with van der Waals surface area (Å²) in [6.07, 6.45) is 0. The largest absolute Gasteiger partial charge is 0.426 e. The third kappa shape index (κ3) is 2.96. The molecule has 0 bridgehead atoms. The second-order valence-electron chi connectivity index (χ2n) is 5.68. The Balaban J connectivity index is 1.97. The average Bonchev–Trinajstić information content (AvgIpc) is 3.01. The highest BCUT2D eigenvalue weighted by atomic mass is 79.9. The molecule has 0 amide bonds. The monoisotopic (exact) mass is 390 g/mol. The molecule has 0 fully saturated rings. The van der Waals surface area contributed by atoms with Crippen molar-refractivity contribution in [3.8, 4) is 33.9 Å². The van der Waals surface area contributed by atoms with Crippen LogP contribution in [0.4, 0.5) is 0 Å². The van der Waals surface area contributed by atoms with Crippen LogP contribution in [-0.4, -0.2) is 14.9 Å². The number of benzene rings is 3. The van der Waals surface area contributed by atoms with E-state index < -0.39 is 0 Å². The van der Waals surface area contributed by atoms with Crippen molar-refractivity contribution in [1.82, 2.24) is 9.71 Å². The number of halogens is 1. The second kappa shape index (κ2) is 6.57. The van der Waals surface area contributed by atoms with Gasteiger partial charge in [0.15, 0.2) is 5.82 Å². The molecule has 0 radical (unpaired) electrons. The van der Waals surface area contributed by atoms with Crippen LogP contribution in [0.25, 0.3) is 33.9 Å². The standard InChI is InChI=1S/C21H15BrN2O/c22-18-13-11-17(12-14-18)21-23-19(15-7-3-1-4-8-15)20(24(21)25)16-9-5-2-6-10-16/h1-14,25H. The molecule has 0 atom stereocenters. The van der Waals surface area contributed by atoms with E-state index in [-0.39, 0.29) is 0 Å². The zero-order chi connectivity index (χ0) is 17.2. The van der Waals surface area contributed by atoms with Crippen LogP contribution in [0.2, 0.25) is 0 Å². The maximum absolute atomic E-state index is 10.9. The summed E-state index contributed by atoms with van der Waals surface area (Å²) in [4.78, 5) is 4.75. The lowest BCUT2D eigenvalue weighted by molar-refractivity contribution is 0.195. The Bertz CT molecular complexity index is 994. The highest BCUT2D eigenvalue weighted by Crippen LogP contribution is 2.35. The minimum atomic E-state index is 0.519. The van der Waals surface area contributed by atoms with Crippen molar-refractivity contribution in [3.63, 3.8) is 0 Å². The van der Waals surface area contributed by atoms with Crippen molar-refractivity contribution >= 4 is 15.9 Å². The third-order valence-corrected chi connectivity index (χ3v) is 4.58. The molecule has 1 aromatic heterocycles. The van der Waals surface area contributed by atoms with E-state index in [4.69, 9.17) is 4.98 Å². The van der Waals surface area contributed by atoms with Gasteiger partial charge in [-0.25, -0.2) is 4.98 Å². The molecule has 1 heterocycles. The molecule has 0 aliphatic carbocycles. The van der Waals surface area contributed by atoms with Crippen LogP contribution >= 0.6 is 15.9 Å². The van der Waals surface area contributed by atoms with Crippen molar-refractivity contribution in [2.45, 2.75) is 0 Å². The van der Waals surface area contributed by atoms with E-state index in [9.17, 15) is 5.21 Å². The first-order valence-electron chi connectivity index (χ1n) is 7.93. The highest BCUT2D eigenvalue weighted by Gasteiger charge is 2.20. The SMILES string of the molecule is On1c(-c2ccc(Br)cc2)nc(-c2ccccc2)c1-c1ccccc1. The minimum Gasteiger partial charge on any atom is -0.426 e. The van der Waals surface area contributed by atoms with Gasteiger partial charge in [-0.1, -0.05) is 88.7 Å². The molecule has 0 aliphatic heterocycles. The van der Waals surface area contributed by atoms with Crippen LogP contribution in [0.3, 0.4) is 0 Å². The van der Waals surface area contributed by atoms with Crippen molar-refractivity contribution in [2.75, 3.05) is 0 Å². The highest BCUT2D eigenvalue weighted by molar-refractivity contribution is 9.10. The maximum atomic E-state index is 10.9. The van der Waals surface area contributed by atoms with E-state index >= 15 is 0 Å². The predicted molar refractivity (Wildman–Crippen MR) is 103 cm³/mol. The first-order chi connectivity index (χ1) is 12.2. The fourth-order valence-electron chi connectivity index (χ4n) is 2.85. The first-order valence-corrected chi connectivity index (χ1v) is 8.72. The van der Waals surface area contributed by atoms with Crippen LogP contribution in [0.15, 0.2) is 89.4 Å². The van der Waals surface area contributed by atoms with Crippen LogP contribution in [-0.2, 0) is 0 Å². The second-order valence-corrected chi connectivity index (χ2v) is 6.60. The summed E-state index contributed by atoms with van der Waals surface area (Å²) in [5.74, 6) is 0.519. The normalized spacial score (nSPS) is 10.8. The van der Waals surface area contributed by atoms with Gasteiger partial charge in [0.1, 0.15) is 11.4 Å². The lowest BCUT2D eigenvalue weighted by Gasteiger charge is -2.06. The number of imidazole rings is 1. The van der Waals surface area contributed by atoms with Crippen LogP contribution in [0, 0.1) is 0 Å². The van der Waals surface area contributed by atoms with Crippen LogP contribution in [0.1, 0.15) is 0 Å². The van der Waals surface area contributed by atoms with Gasteiger partial charge in [0, 0.05) is 21.2 Å². The summed E-state index contributed by atoms with van der Waals surface area (Å²) >= 11 is 3.44. The first kappa shape index (κ1) is 15.7. The van der Waals surface area contributed by atoms with Gasteiger partial charge >= 0.3 is 0 Å². The number of hydrogen-bond acceptors (Lipinski definition) is 2. The van der Waals surface area contributed by atoms with E-state index in [1.807, 2.05) is 84.9 Å². The van der Waals surface area contributed by atoms with Crippen molar-refractivity contribution < 1.29 is 5.21 Å². The smallest absolute Gasteiger partial charge is 0.176 e. The molecule has 25 heavy (non-hydrogen) atoms. The molecular weight excluding hydrogens is 376 g/mol. The maximum Gasteiger partial charge on any atom is 0.176 e. The number of nitrogens with zero attached hydrogens (tertiary/aromatic N) is 2. The zero-order valence-electron chi connectivity index (χ0n) is 13.3. The fourth-order valence-corrected chi connectivity index (χ4v) is 3.11. The van der Waals surface area contributed by atoms with Gasteiger partial charge < -0.3 is 5.21 Å². The molecule has 4 aromatic rings. The lowest BCUT2D eigenvalue weighted by atomic mass is 10.1. The molecule has 3 aromatic carbocycles. The van der Waals surface area contributed by atoms with E-state index in [0.717, 1.165) is 26.9 Å². The number of rotatable bonds is 3. The number of aromatic nitrogens is 2. The van der Waals surface area contributed by atoms with Crippen molar-refractivity contribution in [1.29, 1.82) is 0 Å². The molecule has 0 saturated heterocycles. The Labute approximate surface area is 154 Å². The van der Waals surface area contributed by atoms with E-state index in [0.29, 0.717) is 11.5 Å². The summed E-state index contributed by atoms with van der Waals surface area (Å²) < 4.78 is 2.17. The zero-order valence-corrected chi connectivity index (χ0v) is 14.9. The Morgan fingerprint density at radius 2 is 1.24 bits per heavy atom. The molecule has 1 N–H and O–H groups in total. The topological polar surface area (TPSA) is 38.0 Å². The third-order valence-electron chi connectivity index (χ3n) is 4.05. The molecule has 0 unspecified atom stereocenters. The van der Waals surface area contributed by atoms with Crippen molar-refractivity contribution in [2.24, 2.45) is 0 Å². The molecule has 4 heteroatoms. The van der Waals surface area contributed by atoms with Gasteiger partial charge in [0.2, 0.25) is 0 Å². The van der Waals surface area contributed by atoms with Gasteiger partial charge in [0.25, 0.3) is 0 Å². The average molecular weight is 391 g/mol. The molecular formula is C21H15BrN2O. The van der Waals surface area contributed by atoms with Crippen molar-refractivity contribution in [3.05, 3.63) is 89.4 Å². The van der Waals surface area contributed by atoms with Gasteiger partial charge in [-0.05, 0) is 12.1 Å². The summed E-state index contributed by atoms with van der Waals surface area (Å²) in [6, 6.07) is 27.5. The van der Waals surface area contributed by atoms with Gasteiger partial charge in [-0.2, -0.15) is 4.73 Å².